The maximum Gasteiger partial charge on any atom is 0.412 e. The monoisotopic (exact) mass is 544 g/mol. The summed E-state index contributed by atoms with van der Waals surface area (Å²) >= 11 is 0. The third kappa shape index (κ3) is 7.19. The molecule has 2 aromatic carbocycles. The Bertz CT molecular complexity index is 1270. The second-order valence-corrected chi connectivity index (χ2v) is 10.8. The normalized spacial score (nSPS) is 17.2. The SMILES string of the molecule is CC(C)(C)[C@H](c1nc(-c2cccc(F)c2)cn1Cc1cccc(F)c1)N(C[C@@H](F)CN)C(=O)O[C@H]1CCCO1. The highest BCUT2D eigenvalue weighted by molar-refractivity contribution is 5.69. The third-order valence-electron chi connectivity index (χ3n) is 6.55. The zero-order valence-electron chi connectivity index (χ0n) is 22.4. The van der Waals surface area contributed by atoms with E-state index < -0.39 is 41.6 Å². The van der Waals surface area contributed by atoms with Crippen LogP contribution in [0.25, 0.3) is 11.3 Å². The Morgan fingerprint density at radius 3 is 2.54 bits per heavy atom. The summed E-state index contributed by atoms with van der Waals surface area (Å²) in [5, 5.41) is 0. The molecule has 4 rings (SSSR count). The fraction of sp³-hybridized carbons (Fsp3) is 0.448. The van der Waals surface area contributed by atoms with Gasteiger partial charge in [0.2, 0.25) is 6.29 Å². The fourth-order valence-corrected chi connectivity index (χ4v) is 4.78. The van der Waals surface area contributed by atoms with Crippen LogP contribution in [0.15, 0.2) is 54.7 Å². The van der Waals surface area contributed by atoms with Gasteiger partial charge in [-0.3, -0.25) is 4.90 Å². The minimum atomic E-state index is -1.51. The molecule has 3 atom stereocenters. The number of rotatable bonds is 9. The number of amides is 1. The van der Waals surface area contributed by atoms with E-state index in [0.29, 0.717) is 35.7 Å². The van der Waals surface area contributed by atoms with Crippen molar-refractivity contribution in [2.45, 2.75) is 58.7 Å². The molecule has 1 aliphatic rings. The highest BCUT2D eigenvalue weighted by atomic mass is 19.1. The average molecular weight is 545 g/mol. The summed E-state index contributed by atoms with van der Waals surface area (Å²) in [6.45, 7) is 5.80. The highest BCUT2D eigenvalue weighted by Crippen LogP contribution is 2.40. The molecule has 1 aromatic heterocycles. The van der Waals surface area contributed by atoms with Crippen molar-refractivity contribution in [2.24, 2.45) is 11.1 Å². The van der Waals surface area contributed by atoms with Crippen LogP contribution in [-0.4, -0.2) is 52.7 Å². The lowest BCUT2D eigenvalue weighted by Gasteiger charge is -2.40. The van der Waals surface area contributed by atoms with Crippen molar-refractivity contribution in [2.75, 3.05) is 19.7 Å². The topological polar surface area (TPSA) is 82.6 Å². The molecule has 1 saturated heterocycles. The number of alkyl halides is 1. The van der Waals surface area contributed by atoms with Crippen LogP contribution < -0.4 is 5.73 Å². The molecular weight excluding hydrogens is 509 g/mol. The Kier molecular flexibility index (Phi) is 8.97. The minimum Gasteiger partial charge on any atom is -0.419 e. The zero-order valence-corrected chi connectivity index (χ0v) is 22.4. The van der Waals surface area contributed by atoms with E-state index in [1.807, 2.05) is 20.8 Å². The van der Waals surface area contributed by atoms with E-state index in [1.54, 1.807) is 35.0 Å². The largest absolute Gasteiger partial charge is 0.419 e. The van der Waals surface area contributed by atoms with Crippen LogP contribution in [0.5, 0.6) is 0 Å². The minimum absolute atomic E-state index is 0.215. The lowest BCUT2D eigenvalue weighted by atomic mass is 9.84. The van der Waals surface area contributed by atoms with Crippen LogP contribution in [-0.2, 0) is 16.0 Å². The van der Waals surface area contributed by atoms with E-state index >= 15 is 0 Å². The Morgan fingerprint density at radius 1 is 1.21 bits per heavy atom. The maximum absolute atomic E-state index is 14.8. The Labute approximate surface area is 226 Å². The number of nitrogens with zero attached hydrogens (tertiary/aromatic N) is 3. The van der Waals surface area contributed by atoms with Crippen LogP contribution in [0.1, 0.15) is 51.0 Å². The summed E-state index contributed by atoms with van der Waals surface area (Å²) < 4.78 is 55.8. The second kappa shape index (κ2) is 12.2. The lowest BCUT2D eigenvalue weighted by Crippen LogP contribution is -2.47. The quantitative estimate of drug-likeness (QED) is 0.366. The van der Waals surface area contributed by atoms with Crippen molar-refractivity contribution in [1.82, 2.24) is 14.5 Å². The summed E-state index contributed by atoms with van der Waals surface area (Å²) in [6.07, 6.45) is 0.0589. The van der Waals surface area contributed by atoms with Gasteiger partial charge in [-0.05, 0) is 41.7 Å². The standard InChI is InChI=1S/C29H35F3N4O3/c1-29(2,3)26(36(17-23(32)15-33)28(37)39-25-11-6-12-38-25)27-34-24(20-8-5-10-22(31)14-20)18-35(27)16-19-7-4-9-21(30)13-19/h4-5,7-10,13-14,18,23,25-26H,6,11-12,15-17,33H2,1-3H3/t23-,25-,26-/m0/s1. The van der Waals surface area contributed by atoms with E-state index in [0.717, 1.165) is 6.42 Å². The summed E-state index contributed by atoms with van der Waals surface area (Å²) in [5.74, 6) is -0.400. The Balaban J connectivity index is 1.83. The van der Waals surface area contributed by atoms with Gasteiger partial charge in [0.05, 0.1) is 24.9 Å². The highest BCUT2D eigenvalue weighted by Gasteiger charge is 2.41. The molecule has 0 radical (unpaired) electrons. The van der Waals surface area contributed by atoms with Gasteiger partial charge in [-0.2, -0.15) is 0 Å². The number of benzene rings is 2. The molecule has 1 fully saturated rings. The summed E-state index contributed by atoms with van der Waals surface area (Å²) in [7, 11) is 0. The summed E-state index contributed by atoms with van der Waals surface area (Å²) in [5.41, 5.74) is 6.59. The van der Waals surface area contributed by atoms with Gasteiger partial charge in [-0.1, -0.05) is 45.0 Å². The van der Waals surface area contributed by atoms with E-state index in [2.05, 4.69) is 0 Å². The van der Waals surface area contributed by atoms with Crippen LogP contribution in [0.2, 0.25) is 0 Å². The van der Waals surface area contributed by atoms with E-state index in [-0.39, 0.29) is 19.6 Å². The van der Waals surface area contributed by atoms with Crippen LogP contribution in [0.4, 0.5) is 18.0 Å². The molecule has 0 unspecified atom stereocenters. The smallest absolute Gasteiger partial charge is 0.412 e. The molecular formula is C29H35F3N4O3. The van der Waals surface area contributed by atoms with Crippen molar-refractivity contribution >= 4 is 6.09 Å². The lowest BCUT2D eigenvalue weighted by molar-refractivity contribution is -0.0868. The fourth-order valence-electron chi connectivity index (χ4n) is 4.78. The average Bonchev–Trinajstić information content (AvgIpc) is 3.53. The van der Waals surface area contributed by atoms with E-state index in [4.69, 9.17) is 20.2 Å². The maximum atomic E-state index is 14.8. The van der Waals surface area contributed by atoms with Crippen LogP contribution >= 0.6 is 0 Å². The number of carbonyl (C=O) groups excluding carboxylic acids is 1. The first kappa shape index (κ1) is 28.6. The molecule has 39 heavy (non-hydrogen) atoms. The summed E-state index contributed by atoms with van der Waals surface area (Å²) in [4.78, 5) is 19.7. The van der Waals surface area contributed by atoms with Gasteiger partial charge in [0.25, 0.3) is 0 Å². The Hall–Kier alpha value is -3.37. The third-order valence-corrected chi connectivity index (χ3v) is 6.55. The number of ether oxygens (including phenoxy) is 2. The van der Waals surface area contributed by atoms with Crippen LogP contribution in [0, 0.1) is 17.0 Å². The van der Waals surface area contributed by atoms with Gasteiger partial charge in [-0.25, -0.2) is 22.9 Å². The molecule has 3 aromatic rings. The Morgan fingerprint density at radius 2 is 1.92 bits per heavy atom. The first-order valence-electron chi connectivity index (χ1n) is 13.1. The number of hydrogen-bond acceptors (Lipinski definition) is 5. The first-order valence-corrected chi connectivity index (χ1v) is 13.1. The number of halogens is 3. The van der Waals surface area contributed by atoms with Crippen molar-refractivity contribution < 1.29 is 27.4 Å². The molecule has 2 heterocycles. The first-order chi connectivity index (χ1) is 18.5. The molecule has 2 N–H and O–H groups in total. The second-order valence-electron chi connectivity index (χ2n) is 10.8. The molecule has 0 aliphatic carbocycles. The number of hydrogen-bond donors (Lipinski definition) is 1. The molecule has 10 heteroatoms. The van der Waals surface area contributed by atoms with Crippen molar-refractivity contribution in [3.63, 3.8) is 0 Å². The van der Waals surface area contributed by atoms with Gasteiger partial charge in [0.1, 0.15) is 23.6 Å². The zero-order chi connectivity index (χ0) is 28.2. The number of aromatic nitrogens is 2. The van der Waals surface area contributed by atoms with Gasteiger partial charge in [0.15, 0.2) is 0 Å². The van der Waals surface area contributed by atoms with E-state index in [1.165, 1.54) is 29.2 Å². The van der Waals surface area contributed by atoms with Gasteiger partial charge < -0.3 is 19.8 Å². The molecule has 210 valence electrons. The molecule has 0 spiro atoms. The molecule has 0 saturated carbocycles. The predicted octanol–water partition coefficient (Wildman–Crippen LogP) is 5.84. The van der Waals surface area contributed by atoms with Gasteiger partial charge >= 0.3 is 6.09 Å². The molecule has 1 amide bonds. The van der Waals surface area contributed by atoms with Crippen molar-refractivity contribution in [3.05, 3.63) is 77.8 Å². The van der Waals surface area contributed by atoms with Crippen molar-refractivity contribution in [1.29, 1.82) is 0 Å². The van der Waals surface area contributed by atoms with Crippen molar-refractivity contribution in [3.8, 4) is 11.3 Å². The van der Waals surface area contributed by atoms with Gasteiger partial charge in [0, 0.05) is 31.3 Å². The summed E-state index contributed by atoms with van der Waals surface area (Å²) in [6, 6.07) is 11.4. The van der Waals surface area contributed by atoms with E-state index in [9.17, 15) is 18.0 Å². The number of nitrogens with two attached hydrogens (primary N) is 1. The molecule has 7 nitrogen and oxygen atoms in total. The van der Waals surface area contributed by atoms with Crippen LogP contribution in [0.3, 0.4) is 0 Å². The number of imidazole rings is 1. The van der Waals surface area contributed by atoms with Gasteiger partial charge in [-0.15, -0.1) is 0 Å². The molecule has 1 aliphatic heterocycles. The number of carbonyl (C=O) groups is 1. The predicted molar refractivity (Wildman–Crippen MR) is 141 cm³/mol. The molecule has 0 bridgehead atoms.